The molecule has 0 atom stereocenters. The molecular weight excluding hydrogens is 331 g/mol. The van der Waals surface area contributed by atoms with Crippen LogP contribution < -0.4 is 5.32 Å². The number of halogens is 2. The molecule has 6 nitrogen and oxygen atoms in total. The predicted molar refractivity (Wildman–Crippen MR) is 83.6 cm³/mol. The second-order valence-electron chi connectivity index (χ2n) is 4.40. The maximum absolute atomic E-state index is 12.0. The lowest BCUT2D eigenvalue weighted by atomic mass is 10.1. The Morgan fingerprint density at radius 1 is 1.23 bits per heavy atom. The van der Waals surface area contributed by atoms with Crippen LogP contribution in [0.1, 0.15) is 5.56 Å². The van der Waals surface area contributed by atoms with Crippen LogP contribution in [0, 0.1) is 10.1 Å². The number of hydrogen-bond donors (Lipinski definition) is 2. The highest BCUT2D eigenvalue weighted by molar-refractivity contribution is 6.37. The van der Waals surface area contributed by atoms with Crippen molar-refractivity contribution in [1.29, 1.82) is 0 Å². The molecule has 2 rings (SSSR count). The highest BCUT2D eigenvalue weighted by atomic mass is 35.5. The summed E-state index contributed by atoms with van der Waals surface area (Å²) < 4.78 is 0. The summed E-state index contributed by atoms with van der Waals surface area (Å²) in [6, 6.07) is 8.65. The molecule has 0 bridgehead atoms. The summed E-state index contributed by atoms with van der Waals surface area (Å²) >= 11 is 11.5. The van der Waals surface area contributed by atoms with Gasteiger partial charge in [-0.1, -0.05) is 41.4 Å². The van der Waals surface area contributed by atoms with E-state index in [9.17, 15) is 20.0 Å². The van der Waals surface area contributed by atoms with E-state index in [1.807, 2.05) is 0 Å². The van der Waals surface area contributed by atoms with E-state index in [0.717, 1.165) is 0 Å². The molecule has 114 valence electrons. The minimum absolute atomic E-state index is 0.00603. The van der Waals surface area contributed by atoms with Gasteiger partial charge >= 0.3 is 0 Å². The van der Waals surface area contributed by atoms with Crippen molar-refractivity contribution in [2.24, 2.45) is 0 Å². The molecule has 0 spiro atoms. The van der Waals surface area contributed by atoms with Crippen molar-refractivity contribution in [2.45, 2.75) is 6.42 Å². The van der Waals surface area contributed by atoms with Gasteiger partial charge < -0.3 is 10.4 Å². The van der Waals surface area contributed by atoms with Gasteiger partial charge in [0.1, 0.15) is 0 Å². The van der Waals surface area contributed by atoms with Crippen LogP contribution in [0.4, 0.5) is 11.4 Å². The van der Waals surface area contributed by atoms with Crippen LogP contribution in [-0.2, 0) is 11.2 Å². The Morgan fingerprint density at radius 2 is 1.82 bits per heavy atom. The summed E-state index contributed by atoms with van der Waals surface area (Å²) in [7, 11) is 0. The number of carbonyl (C=O) groups is 1. The fourth-order valence-corrected chi connectivity index (χ4v) is 2.34. The molecule has 0 aliphatic carbocycles. The van der Waals surface area contributed by atoms with Crippen LogP contribution in [0.2, 0.25) is 10.0 Å². The van der Waals surface area contributed by atoms with Gasteiger partial charge in [0.05, 0.1) is 21.4 Å². The molecule has 0 radical (unpaired) electrons. The highest BCUT2D eigenvalue weighted by Crippen LogP contribution is 2.34. The van der Waals surface area contributed by atoms with E-state index in [1.54, 1.807) is 6.07 Å². The summed E-state index contributed by atoms with van der Waals surface area (Å²) in [6.07, 6.45) is -0.173. The summed E-state index contributed by atoms with van der Waals surface area (Å²) in [5, 5.41) is 22.9. The summed E-state index contributed by atoms with van der Waals surface area (Å²) in [5.41, 5.74) is 0.455. The summed E-state index contributed by atoms with van der Waals surface area (Å²) in [5.74, 6) is -0.743. The van der Waals surface area contributed by atoms with Crippen LogP contribution in [0.15, 0.2) is 36.4 Å². The van der Waals surface area contributed by atoms with Gasteiger partial charge in [-0.05, 0) is 12.1 Å². The van der Waals surface area contributed by atoms with Gasteiger partial charge in [0, 0.05) is 17.3 Å². The topological polar surface area (TPSA) is 92.5 Å². The number of nitro benzene ring substituents is 1. The number of benzene rings is 2. The van der Waals surface area contributed by atoms with E-state index < -0.39 is 10.8 Å². The average Bonchev–Trinajstić information content (AvgIpc) is 2.44. The van der Waals surface area contributed by atoms with Crippen LogP contribution >= 0.6 is 23.2 Å². The van der Waals surface area contributed by atoms with Gasteiger partial charge in [0.15, 0.2) is 5.75 Å². The van der Waals surface area contributed by atoms with Gasteiger partial charge in [0.2, 0.25) is 5.91 Å². The van der Waals surface area contributed by atoms with Crippen molar-refractivity contribution < 1.29 is 14.8 Å². The zero-order valence-corrected chi connectivity index (χ0v) is 12.6. The first-order valence-electron chi connectivity index (χ1n) is 6.08. The number of phenols is 1. The van der Waals surface area contributed by atoms with Gasteiger partial charge in [-0.2, -0.15) is 0 Å². The molecule has 2 aromatic carbocycles. The van der Waals surface area contributed by atoms with Crippen LogP contribution in [-0.4, -0.2) is 15.9 Å². The largest absolute Gasteiger partial charge is 0.505 e. The standard InChI is InChI=1S/C14H10Cl2N2O4/c15-10-6-9(7-11(16)14(10)20)17-13(19)5-8-3-1-2-4-12(8)18(21)22/h1-4,6-7,20H,5H2,(H,17,19). The Labute approximate surface area is 135 Å². The molecule has 2 N–H and O–H groups in total. The number of amides is 1. The number of para-hydroxylation sites is 1. The number of aromatic hydroxyl groups is 1. The Hall–Kier alpha value is -2.31. The van der Waals surface area contributed by atoms with E-state index >= 15 is 0 Å². The van der Waals surface area contributed by atoms with Gasteiger partial charge in [-0.15, -0.1) is 0 Å². The molecule has 22 heavy (non-hydrogen) atoms. The number of phenolic OH excluding ortho intramolecular Hbond substituents is 1. The number of nitro groups is 1. The third-order valence-corrected chi connectivity index (χ3v) is 3.42. The van der Waals surface area contributed by atoms with Gasteiger partial charge in [0.25, 0.3) is 5.69 Å². The molecule has 1 amide bonds. The van der Waals surface area contributed by atoms with E-state index in [0.29, 0.717) is 5.56 Å². The molecule has 0 aliphatic rings. The SMILES string of the molecule is O=C(Cc1ccccc1[N+](=O)[O-])Nc1cc(Cl)c(O)c(Cl)c1. The molecule has 8 heteroatoms. The fourth-order valence-electron chi connectivity index (χ4n) is 1.85. The Balaban J connectivity index is 2.16. The minimum Gasteiger partial charge on any atom is -0.505 e. The second kappa shape index (κ2) is 6.64. The Morgan fingerprint density at radius 3 is 2.41 bits per heavy atom. The molecular formula is C14H10Cl2N2O4. The first-order valence-corrected chi connectivity index (χ1v) is 6.84. The van der Waals surface area contributed by atoms with Crippen molar-refractivity contribution in [3.8, 4) is 5.75 Å². The van der Waals surface area contributed by atoms with Gasteiger partial charge in [-0.3, -0.25) is 14.9 Å². The lowest BCUT2D eigenvalue weighted by Crippen LogP contribution is -2.15. The van der Waals surface area contributed by atoms with Crippen LogP contribution in [0.5, 0.6) is 5.75 Å². The molecule has 0 aromatic heterocycles. The van der Waals surface area contributed by atoms with E-state index in [2.05, 4.69) is 5.32 Å². The Kier molecular flexibility index (Phi) is 4.85. The van der Waals surface area contributed by atoms with E-state index in [1.165, 1.54) is 30.3 Å². The lowest BCUT2D eigenvalue weighted by molar-refractivity contribution is -0.385. The normalized spacial score (nSPS) is 10.3. The van der Waals surface area contributed by atoms with E-state index in [4.69, 9.17) is 23.2 Å². The van der Waals surface area contributed by atoms with Crippen LogP contribution in [0.3, 0.4) is 0 Å². The van der Waals surface area contributed by atoms with Crippen molar-refractivity contribution in [1.82, 2.24) is 0 Å². The summed E-state index contributed by atoms with van der Waals surface area (Å²) in [6.45, 7) is 0. The number of rotatable bonds is 4. The third-order valence-electron chi connectivity index (χ3n) is 2.84. The number of nitrogens with one attached hydrogen (secondary N) is 1. The van der Waals surface area contributed by atoms with Crippen molar-refractivity contribution in [3.63, 3.8) is 0 Å². The Bertz CT molecular complexity index is 726. The highest BCUT2D eigenvalue weighted by Gasteiger charge is 2.16. The maximum atomic E-state index is 12.0. The predicted octanol–water partition coefficient (Wildman–Crippen LogP) is 3.79. The fraction of sp³-hybridized carbons (Fsp3) is 0.0714. The van der Waals surface area contributed by atoms with Crippen molar-refractivity contribution in [2.75, 3.05) is 5.32 Å². The average molecular weight is 341 g/mol. The van der Waals surface area contributed by atoms with Crippen molar-refractivity contribution in [3.05, 3.63) is 62.1 Å². The first kappa shape index (κ1) is 16.1. The smallest absolute Gasteiger partial charge is 0.273 e. The van der Waals surface area contributed by atoms with E-state index in [-0.39, 0.29) is 33.6 Å². The number of carbonyl (C=O) groups excluding carboxylic acids is 1. The lowest BCUT2D eigenvalue weighted by Gasteiger charge is -2.08. The number of anilines is 1. The molecule has 0 saturated heterocycles. The van der Waals surface area contributed by atoms with Crippen molar-refractivity contribution >= 4 is 40.5 Å². The third kappa shape index (κ3) is 3.66. The first-order chi connectivity index (χ1) is 10.4. The zero-order chi connectivity index (χ0) is 16.3. The second-order valence-corrected chi connectivity index (χ2v) is 5.21. The maximum Gasteiger partial charge on any atom is 0.273 e. The quantitative estimate of drug-likeness (QED) is 0.503. The summed E-state index contributed by atoms with van der Waals surface area (Å²) in [4.78, 5) is 22.3. The molecule has 0 saturated carbocycles. The molecule has 0 heterocycles. The molecule has 0 aliphatic heterocycles. The van der Waals surface area contributed by atoms with Gasteiger partial charge in [-0.25, -0.2) is 0 Å². The number of hydrogen-bond acceptors (Lipinski definition) is 4. The number of nitrogens with zero attached hydrogens (tertiary/aromatic N) is 1. The monoisotopic (exact) mass is 340 g/mol. The van der Waals surface area contributed by atoms with Crippen LogP contribution in [0.25, 0.3) is 0 Å². The minimum atomic E-state index is -0.545. The molecule has 2 aromatic rings. The zero-order valence-electron chi connectivity index (χ0n) is 11.0. The molecule has 0 fully saturated rings. The molecule has 0 unspecified atom stereocenters.